The van der Waals surface area contributed by atoms with Gasteiger partial charge < -0.3 is 9.47 Å². The van der Waals surface area contributed by atoms with E-state index in [2.05, 4.69) is 30.3 Å². The van der Waals surface area contributed by atoms with Crippen molar-refractivity contribution in [1.29, 1.82) is 21.2 Å². The molecule has 2 heterocycles. The minimum atomic E-state index is -1.91. The van der Waals surface area contributed by atoms with Gasteiger partial charge in [0.25, 0.3) is 0 Å². The number of ether oxygens (including phenoxy) is 2. The van der Waals surface area contributed by atoms with E-state index < -0.39 is 28.6 Å². The summed E-state index contributed by atoms with van der Waals surface area (Å²) in [5.41, 5.74) is 0.119. The number of rotatable bonds is 2. The molecule has 5 rings (SSSR count). The predicted octanol–water partition coefficient (Wildman–Crippen LogP) is 5.21. The molecule has 0 spiro atoms. The number of nitrogens with one attached hydrogen (secondary N) is 1. The van der Waals surface area contributed by atoms with Gasteiger partial charge in [-0.1, -0.05) is 54.1 Å². The Labute approximate surface area is 193 Å². The quantitative estimate of drug-likeness (QED) is 0.694. The number of aryl methyl sites for hydroxylation is 2. The van der Waals surface area contributed by atoms with E-state index in [0.717, 1.165) is 23.1 Å². The SMILES string of the molecule is Cc1ccc(C2OC34CCC(c5ccccc5)CC3C(C#N)(C(=N)O4)C2(C#N)C#N)c(C)c1. The van der Waals surface area contributed by atoms with Crippen LogP contribution in [0.3, 0.4) is 0 Å². The molecule has 5 atom stereocenters. The average Bonchev–Trinajstić information content (AvgIpc) is 3.03. The molecule has 2 bridgehead atoms. The van der Waals surface area contributed by atoms with Crippen molar-refractivity contribution in [2.45, 2.75) is 50.9 Å². The van der Waals surface area contributed by atoms with Gasteiger partial charge in [-0.05, 0) is 49.3 Å². The fourth-order valence-corrected chi connectivity index (χ4v) is 6.27. The van der Waals surface area contributed by atoms with E-state index >= 15 is 0 Å². The molecule has 6 nitrogen and oxygen atoms in total. The van der Waals surface area contributed by atoms with Crippen molar-refractivity contribution in [3.63, 3.8) is 0 Å². The van der Waals surface area contributed by atoms with Gasteiger partial charge in [0.1, 0.15) is 6.10 Å². The highest BCUT2D eigenvalue weighted by atomic mass is 16.7. The van der Waals surface area contributed by atoms with Gasteiger partial charge in [-0.15, -0.1) is 0 Å². The van der Waals surface area contributed by atoms with Crippen LogP contribution < -0.4 is 0 Å². The van der Waals surface area contributed by atoms with Crippen LogP contribution in [0.1, 0.15) is 53.5 Å². The first-order valence-electron chi connectivity index (χ1n) is 11.2. The van der Waals surface area contributed by atoms with Gasteiger partial charge >= 0.3 is 0 Å². The lowest BCUT2D eigenvalue weighted by atomic mass is 9.50. The van der Waals surface area contributed by atoms with E-state index in [4.69, 9.17) is 14.9 Å². The summed E-state index contributed by atoms with van der Waals surface area (Å²) in [6, 6.07) is 22.4. The normalized spacial score (nSPS) is 33.7. The van der Waals surface area contributed by atoms with Crippen LogP contribution in [0.2, 0.25) is 0 Å². The van der Waals surface area contributed by atoms with Gasteiger partial charge in [0.2, 0.25) is 17.1 Å². The molecule has 2 aliphatic heterocycles. The molecule has 2 aromatic carbocycles. The van der Waals surface area contributed by atoms with Crippen LogP contribution in [0.15, 0.2) is 48.5 Å². The summed E-state index contributed by atoms with van der Waals surface area (Å²) >= 11 is 0. The van der Waals surface area contributed by atoms with Gasteiger partial charge in [-0.3, -0.25) is 5.41 Å². The van der Waals surface area contributed by atoms with E-state index in [1.54, 1.807) is 0 Å². The second kappa shape index (κ2) is 7.17. The minimum absolute atomic E-state index is 0.128. The van der Waals surface area contributed by atoms with E-state index in [9.17, 15) is 15.8 Å². The summed E-state index contributed by atoms with van der Waals surface area (Å²) in [5.74, 6) is -1.98. The van der Waals surface area contributed by atoms with Crippen molar-refractivity contribution >= 4 is 5.90 Å². The highest BCUT2D eigenvalue weighted by molar-refractivity contribution is 5.89. The third-order valence-electron chi connectivity index (χ3n) is 7.89. The van der Waals surface area contributed by atoms with Crippen molar-refractivity contribution in [2.75, 3.05) is 0 Å². The van der Waals surface area contributed by atoms with Gasteiger partial charge in [0, 0.05) is 6.42 Å². The van der Waals surface area contributed by atoms with E-state index in [-0.39, 0.29) is 11.8 Å². The molecule has 1 aliphatic carbocycles. The smallest absolute Gasteiger partial charge is 0.217 e. The summed E-state index contributed by atoms with van der Waals surface area (Å²) < 4.78 is 12.7. The molecule has 33 heavy (non-hydrogen) atoms. The highest BCUT2D eigenvalue weighted by Crippen LogP contribution is 2.70. The molecule has 5 unspecified atom stereocenters. The Morgan fingerprint density at radius 2 is 1.73 bits per heavy atom. The lowest BCUT2D eigenvalue weighted by Gasteiger charge is -2.53. The van der Waals surface area contributed by atoms with E-state index in [1.165, 1.54) is 0 Å². The topological polar surface area (TPSA) is 114 Å². The summed E-state index contributed by atoms with van der Waals surface area (Å²) in [7, 11) is 0. The van der Waals surface area contributed by atoms with Crippen LogP contribution >= 0.6 is 0 Å². The first-order chi connectivity index (χ1) is 15.9. The lowest BCUT2D eigenvalue weighted by molar-refractivity contribution is -0.296. The van der Waals surface area contributed by atoms with E-state index in [0.29, 0.717) is 18.4 Å². The molecule has 2 saturated heterocycles. The Morgan fingerprint density at radius 1 is 1.00 bits per heavy atom. The van der Waals surface area contributed by atoms with Crippen molar-refractivity contribution in [2.24, 2.45) is 16.7 Å². The van der Waals surface area contributed by atoms with Gasteiger partial charge in [-0.2, -0.15) is 15.8 Å². The molecule has 6 heteroatoms. The fourth-order valence-electron chi connectivity index (χ4n) is 6.27. The molecule has 1 saturated carbocycles. The van der Waals surface area contributed by atoms with Gasteiger partial charge in [0.05, 0.1) is 24.1 Å². The molecule has 0 aromatic heterocycles. The van der Waals surface area contributed by atoms with Crippen LogP contribution in [0.25, 0.3) is 0 Å². The van der Waals surface area contributed by atoms with Crippen LogP contribution in [0.4, 0.5) is 0 Å². The Morgan fingerprint density at radius 3 is 2.36 bits per heavy atom. The lowest BCUT2D eigenvalue weighted by Crippen LogP contribution is -2.61. The zero-order chi connectivity index (χ0) is 23.4. The predicted molar refractivity (Wildman–Crippen MR) is 120 cm³/mol. The maximum absolute atomic E-state index is 10.6. The number of nitriles is 3. The zero-order valence-electron chi connectivity index (χ0n) is 18.6. The zero-order valence-corrected chi connectivity index (χ0v) is 18.6. The number of hydrogen-bond donors (Lipinski definition) is 1. The molecule has 0 amide bonds. The Hall–Kier alpha value is -3.66. The fraction of sp³-hybridized carbons (Fsp3) is 0.407. The average molecular weight is 437 g/mol. The number of hydrogen-bond acceptors (Lipinski definition) is 6. The summed E-state index contributed by atoms with van der Waals surface area (Å²) in [5, 5.41) is 40.3. The molecule has 3 aliphatic rings. The van der Waals surface area contributed by atoms with Crippen molar-refractivity contribution in [3.05, 3.63) is 70.8 Å². The van der Waals surface area contributed by atoms with Crippen molar-refractivity contribution < 1.29 is 9.47 Å². The molecule has 2 aromatic rings. The molecular formula is C27H24N4O2. The highest BCUT2D eigenvalue weighted by Gasteiger charge is 2.81. The van der Waals surface area contributed by atoms with Gasteiger partial charge in [0.15, 0.2) is 5.41 Å². The van der Waals surface area contributed by atoms with Crippen molar-refractivity contribution in [3.8, 4) is 18.2 Å². The Kier molecular flexibility index (Phi) is 4.61. The van der Waals surface area contributed by atoms with E-state index in [1.807, 2.05) is 50.2 Å². The maximum Gasteiger partial charge on any atom is 0.217 e. The van der Waals surface area contributed by atoms with Gasteiger partial charge in [-0.25, -0.2) is 0 Å². The van der Waals surface area contributed by atoms with Crippen LogP contribution in [0.5, 0.6) is 0 Å². The van der Waals surface area contributed by atoms with Crippen LogP contribution in [-0.2, 0) is 9.47 Å². The first kappa shape index (κ1) is 21.2. The number of benzene rings is 2. The Balaban J connectivity index is 1.70. The third-order valence-corrected chi connectivity index (χ3v) is 7.89. The molecule has 0 radical (unpaired) electrons. The third kappa shape index (κ3) is 2.58. The Bertz CT molecular complexity index is 1250. The summed E-state index contributed by atoms with van der Waals surface area (Å²) in [6.45, 7) is 3.88. The second-order valence-electron chi connectivity index (χ2n) is 9.49. The monoisotopic (exact) mass is 436 g/mol. The minimum Gasteiger partial charge on any atom is -0.447 e. The van der Waals surface area contributed by atoms with Crippen LogP contribution in [0, 0.1) is 70.0 Å². The standard InChI is InChI=1S/C27H24N4O2/c1-17-8-9-21(18(2)12-17)23-25(14-28,15-29)26(16-30)22-13-20(19-6-4-3-5-7-19)10-11-27(22,32-23)33-24(26)31/h3-9,12,20,22-23,31H,10-11,13H2,1-2H3. The van der Waals surface area contributed by atoms with Crippen LogP contribution in [-0.4, -0.2) is 11.7 Å². The summed E-state index contributed by atoms with van der Waals surface area (Å²) in [4.78, 5) is 0. The summed E-state index contributed by atoms with van der Waals surface area (Å²) in [6.07, 6.45) is 0.753. The molecular weight excluding hydrogens is 412 g/mol. The first-order valence-corrected chi connectivity index (χ1v) is 11.2. The maximum atomic E-state index is 10.6. The van der Waals surface area contributed by atoms with Crippen molar-refractivity contribution in [1.82, 2.24) is 0 Å². The molecule has 164 valence electrons. The number of nitrogens with zero attached hydrogens (tertiary/aromatic N) is 3. The largest absolute Gasteiger partial charge is 0.447 e. The second-order valence-corrected chi connectivity index (χ2v) is 9.49. The molecule has 3 fully saturated rings. The molecule has 1 N–H and O–H groups in total.